The number of hydrogen-bond donors (Lipinski definition) is 1. The fourth-order valence-electron chi connectivity index (χ4n) is 2.05. The van der Waals surface area contributed by atoms with Gasteiger partial charge in [0.2, 0.25) is 0 Å². The van der Waals surface area contributed by atoms with Crippen LogP contribution in [0.4, 0.5) is 0 Å². The van der Waals surface area contributed by atoms with Crippen molar-refractivity contribution in [3.05, 3.63) is 29.8 Å². The van der Waals surface area contributed by atoms with Crippen molar-refractivity contribution >= 4 is 0 Å². The highest BCUT2D eigenvalue weighted by Crippen LogP contribution is 2.15. The Bertz CT molecular complexity index is 354. The molecule has 1 rings (SSSR count). The molecule has 3 heteroatoms. The summed E-state index contributed by atoms with van der Waals surface area (Å²) in [7, 11) is 1.70. The van der Waals surface area contributed by atoms with E-state index in [1.54, 1.807) is 7.11 Å². The van der Waals surface area contributed by atoms with Crippen LogP contribution in [0.5, 0.6) is 5.75 Å². The van der Waals surface area contributed by atoms with Crippen LogP contribution in [0, 0.1) is 0 Å². The van der Waals surface area contributed by atoms with Crippen LogP contribution in [-0.4, -0.2) is 25.8 Å². The SMILES string of the molecule is CCCC(C)NCC(C)Oc1cccc(COC)c1. The molecule has 19 heavy (non-hydrogen) atoms. The normalized spacial score (nSPS) is 14.1. The third-order valence-corrected chi connectivity index (χ3v) is 3.02. The number of rotatable bonds is 9. The van der Waals surface area contributed by atoms with Gasteiger partial charge in [0.25, 0.3) is 0 Å². The molecule has 1 aromatic carbocycles. The Labute approximate surface area is 117 Å². The highest BCUT2D eigenvalue weighted by atomic mass is 16.5. The minimum Gasteiger partial charge on any atom is -0.489 e. The van der Waals surface area contributed by atoms with Gasteiger partial charge in [0.15, 0.2) is 0 Å². The van der Waals surface area contributed by atoms with Crippen LogP contribution in [0.3, 0.4) is 0 Å². The van der Waals surface area contributed by atoms with Gasteiger partial charge in [0.1, 0.15) is 11.9 Å². The minimum absolute atomic E-state index is 0.164. The molecule has 0 bridgehead atoms. The molecule has 0 aromatic heterocycles. The van der Waals surface area contributed by atoms with Gasteiger partial charge in [-0.2, -0.15) is 0 Å². The van der Waals surface area contributed by atoms with Gasteiger partial charge in [-0.25, -0.2) is 0 Å². The molecular weight excluding hydrogens is 238 g/mol. The summed E-state index contributed by atoms with van der Waals surface area (Å²) in [5, 5.41) is 3.49. The van der Waals surface area contributed by atoms with Gasteiger partial charge >= 0.3 is 0 Å². The van der Waals surface area contributed by atoms with Gasteiger partial charge in [0, 0.05) is 19.7 Å². The maximum atomic E-state index is 5.91. The Morgan fingerprint density at radius 3 is 2.74 bits per heavy atom. The van der Waals surface area contributed by atoms with Crippen molar-refractivity contribution < 1.29 is 9.47 Å². The first-order chi connectivity index (χ1) is 9.15. The topological polar surface area (TPSA) is 30.5 Å². The van der Waals surface area contributed by atoms with Crippen LogP contribution in [0.25, 0.3) is 0 Å². The summed E-state index contributed by atoms with van der Waals surface area (Å²) in [6.45, 7) is 8.01. The Morgan fingerprint density at radius 2 is 2.05 bits per heavy atom. The smallest absolute Gasteiger partial charge is 0.120 e. The quantitative estimate of drug-likeness (QED) is 0.742. The monoisotopic (exact) mass is 265 g/mol. The average Bonchev–Trinajstić information content (AvgIpc) is 2.38. The zero-order valence-electron chi connectivity index (χ0n) is 12.6. The van der Waals surface area contributed by atoms with Gasteiger partial charge in [-0.05, 0) is 38.0 Å². The van der Waals surface area contributed by atoms with E-state index < -0.39 is 0 Å². The molecule has 1 N–H and O–H groups in total. The molecule has 2 unspecified atom stereocenters. The summed E-state index contributed by atoms with van der Waals surface area (Å²) in [6.07, 6.45) is 2.58. The Hall–Kier alpha value is -1.06. The summed E-state index contributed by atoms with van der Waals surface area (Å²) in [5.74, 6) is 0.909. The summed E-state index contributed by atoms with van der Waals surface area (Å²) in [5.41, 5.74) is 1.14. The molecule has 3 nitrogen and oxygen atoms in total. The zero-order valence-corrected chi connectivity index (χ0v) is 12.6. The molecule has 0 radical (unpaired) electrons. The van der Waals surface area contributed by atoms with E-state index in [-0.39, 0.29) is 6.10 Å². The van der Waals surface area contributed by atoms with Crippen LogP contribution < -0.4 is 10.1 Å². The van der Waals surface area contributed by atoms with Gasteiger partial charge in [-0.15, -0.1) is 0 Å². The summed E-state index contributed by atoms with van der Waals surface area (Å²) in [4.78, 5) is 0. The molecule has 0 saturated heterocycles. The number of ether oxygens (including phenoxy) is 2. The van der Waals surface area contributed by atoms with Crippen LogP contribution in [0.15, 0.2) is 24.3 Å². The fourth-order valence-corrected chi connectivity index (χ4v) is 2.05. The van der Waals surface area contributed by atoms with Crippen LogP contribution in [0.1, 0.15) is 39.2 Å². The third kappa shape index (κ3) is 6.60. The summed E-state index contributed by atoms with van der Waals surface area (Å²) < 4.78 is 11.0. The molecule has 0 aliphatic carbocycles. The molecule has 2 atom stereocenters. The first-order valence-corrected chi connectivity index (χ1v) is 7.13. The lowest BCUT2D eigenvalue weighted by atomic mass is 10.2. The maximum Gasteiger partial charge on any atom is 0.120 e. The number of methoxy groups -OCH3 is 1. The Morgan fingerprint density at radius 1 is 1.26 bits per heavy atom. The van der Waals surface area contributed by atoms with Gasteiger partial charge < -0.3 is 14.8 Å². The van der Waals surface area contributed by atoms with E-state index in [0.29, 0.717) is 12.6 Å². The average molecular weight is 265 g/mol. The second kappa shape index (κ2) is 8.94. The van der Waals surface area contributed by atoms with E-state index in [1.165, 1.54) is 12.8 Å². The highest BCUT2D eigenvalue weighted by molar-refractivity contribution is 5.28. The highest BCUT2D eigenvalue weighted by Gasteiger charge is 2.07. The second-order valence-corrected chi connectivity index (χ2v) is 5.11. The largest absolute Gasteiger partial charge is 0.489 e. The lowest BCUT2D eigenvalue weighted by Gasteiger charge is -2.19. The predicted molar refractivity (Wildman–Crippen MR) is 79.6 cm³/mol. The molecule has 108 valence electrons. The summed E-state index contributed by atoms with van der Waals surface area (Å²) >= 11 is 0. The lowest BCUT2D eigenvalue weighted by Crippen LogP contribution is -2.34. The molecule has 0 aliphatic heterocycles. The van der Waals surface area contributed by atoms with E-state index in [4.69, 9.17) is 9.47 Å². The molecular formula is C16H27NO2. The van der Waals surface area contributed by atoms with E-state index in [9.17, 15) is 0 Å². The van der Waals surface area contributed by atoms with Crippen LogP contribution in [0.2, 0.25) is 0 Å². The van der Waals surface area contributed by atoms with Crippen molar-refractivity contribution in [2.45, 2.75) is 52.4 Å². The molecule has 0 amide bonds. The lowest BCUT2D eigenvalue weighted by molar-refractivity contribution is 0.183. The van der Waals surface area contributed by atoms with Crippen LogP contribution >= 0.6 is 0 Å². The van der Waals surface area contributed by atoms with Gasteiger partial charge in [-0.1, -0.05) is 25.5 Å². The van der Waals surface area contributed by atoms with Crippen molar-refractivity contribution in [1.82, 2.24) is 5.32 Å². The maximum absolute atomic E-state index is 5.91. The first kappa shape index (κ1) is 16.0. The van der Waals surface area contributed by atoms with E-state index >= 15 is 0 Å². The standard InChI is InChI=1S/C16H27NO2/c1-5-7-13(2)17-11-14(3)19-16-9-6-8-15(10-16)12-18-4/h6,8-10,13-14,17H,5,7,11-12H2,1-4H3. The minimum atomic E-state index is 0.164. The molecule has 0 saturated carbocycles. The molecule has 0 fully saturated rings. The van der Waals surface area contributed by atoms with E-state index in [2.05, 4.69) is 26.1 Å². The number of hydrogen-bond acceptors (Lipinski definition) is 3. The molecule has 1 aromatic rings. The summed E-state index contributed by atoms with van der Waals surface area (Å²) in [6, 6.07) is 8.63. The molecule has 0 heterocycles. The Kier molecular flexibility index (Phi) is 7.53. The molecule has 0 aliphatic rings. The number of benzene rings is 1. The van der Waals surface area contributed by atoms with Crippen molar-refractivity contribution in [1.29, 1.82) is 0 Å². The van der Waals surface area contributed by atoms with Crippen molar-refractivity contribution in [3.63, 3.8) is 0 Å². The van der Waals surface area contributed by atoms with Gasteiger partial charge in [-0.3, -0.25) is 0 Å². The van der Waals surface area contributed by atoms with Crippen LogP contribution in [-0.2, 0) is 11.3 Å². The second-order valence-electron chi connectivity index (χ2n) is 5.11. The third-order valence-electron chi connectivity index (χ3n) is 3.02. The van der Waals surface area contributed by atoms with Gasteiger partial charge in [0.05, 0.1) is 6.61 Å². The predicted octanol–water partition coefficient (Wildman–Crippen LogP) is 3.38. The van der Waals surface area contributed by atoms with Crippen molar-refractivity contribution in [3.8, 4) is 5.75 Å². The Balaban J connectivity index is 2.38. The van der Waals surface area contributed by atoms with Crippen molar-refractivity contribution in [2.75, 3.05) is 13.7 Å². The fraction of sp³-hybridized carbons (Fsp3) is 0.625. The van der Waals surface area contributed by atoms with E-state index in [0.717, 1.165) is 17.9 Å². The molecule has 0 spiro atoms. The zero-order chi connectivity index (χ0) is 14.1. The first-order valence-electron chi connectivity index (χ1n) is 7.13. The van der Waals surface area contributed by atoms with E-state index in [1.807, 2.05) is 24.3 Å². The van der Waals surface area contributed by atoms with Crippen molar-refractivity contribution in [2.24, 2.45) is 0 Å². The number of nitrogens with one attached hydrogen (secondary N) is 1.